The summed E-state index contributed by atoms with van der Waals surface area (Å²) in [5, 5.41) is 6.87. The van der Waals surface area contributed by atoms with Crippen LogP contribution in [0.1, 0.15) is 26.2 Å². The molecule has 3 rings (SSSR count). The summed E-state index contributed by atoms with van der Waals surface area (Å²) in [6.45, 7) is 10.4. The quantitative estimate of drug-likeness (QED) is 0.304. The molecule has 1 atom stereocenters. The van der Waals surface area contributed by atoms with Gasteiger partial charge in [0, 0.05) is 58.9 Å². The van der Waals surface area contributed by atoms with Crippen molar-refractivity contribution in [3.8, 4) is 0 Å². The summed E-state index contributed by atoms with van der Waals surface area (Å²) in [6, 6.07) is 0.650. The van der Waals surface area contributed by atoms with Gasteiger partial charge >= 0.3 is 0 Å². The molecule has 20 heavy (non-hydrogen) atoms. The van der Waals surface area contributed by atoms with Gasteiger partial charge in [-0.15, -0.1) is 24.0 Å². The van der Waals surface area contributed by atoms with Crippen molar-refractivity contribution in [1.29, 1.82) is 0 Å². The molecule has 0 aromatic heterocycles. The molecule has 3 fully saturated rings. The molecule has 0 radical (unpaired) electrons. The fourth-order valence-electron chi connectivity index (χ4n) is 2.94. The molecule has 0 aliphatic carbocycles. The van der Waals surface area contributed by atoms with Crippen molar-refractivity contribution in [2.24, 2.45) is 4.99 Å². The highest BCUT2D eigenvalue weighted by Gasteiger charge is 2.31. The molecule has 5 nitrogen and oxygen atoms in total. The van der Waals surface area contributed by atoms with E-state index in [2.05, 4.69) is 32.3 Å². The van der Waals surface area contributed by atoms with Gasteiger partial charge in [-0.05, 0) is 6.42 Å². The van der Waals surface area contributed by atoms with Gasteiger partial charge in [-0.25, -0.2) is 0 Å². The number of aliphatic imine (C=N–C) groups is 1. The highest BCUT2D eigenvalue weighted by atomic mass is 127. The smallest absolute Gasteiger partial charge is 0.191 e. The maximum absolute atomic E-state index is 4.29. The number of fused-ring (bicyclic) bond motifs is 3. The molecule has 0 amide bonds. The minimum absolute atomic E-state index is 0. The zero-order chi connectivity index (χ0) is 13.5. The van der Waals surface area contributed by atoms with E-state index in [0.29, 0.717) is 6.04 Å². The van der Waals surface area contributed by atoms with Gasteiger partial charge < -0.3 is 10.6 Å². The van der Waals surface area contributed by atoms with E-state index in [1.165, 1.54) is 52.0 Å². The van der Waals surface area contributed by atoms with Crippen molar-refractivity contribution in [3.63, 3.8) is 0 Å². The molecular formula is C14H30IN5. The van der Waals surface area contributed by atoms with Crippen LogP contribution >= 0.6 is 24.0 Å². The normalized spacial score (nSPS) is 28.9. The van der Waals surface area contributed by atoms with Crippen molar-refractivity contribution < 1.29 is 0 Å². The lowest BCUT2D eigenvalue weighted by molar-refractivity contribution is 0.0154. The summed E-state index contributed by atoms with van der Waals surface area (Å²) in [5.74, 6) is 0.953. The van der Waals surface area contributed by atoms with Gasteiger partial charge in [-0.1, -0.05) is 19.8 Å². The number of nitrogens with zero attached hydrogens (tertiary/aromatic N) is 3. The van der Waals surface area contributed by atoms with Gasteiger partial charge in [0.05, 0.1) is 0 Å². The van der Waals surface area contributed by atoms with Crippen LogP contribution in [-0.2, 0) is 0 Å². The van der Waals surface area contributed by atoms with Crippen LogP contribution in [0.4, 0.5) is 0 Å². The Morgan fingerprint density at radius 1 is 1.15 bits per heavy atom. The van der Waals surface area contributed by atoms with E-state index in [1.807, 2.05) is 7.05 Å². The van der Waals surface area contributed by atoms with Crippen LogP contribution in [0.5, 0.6) is 0 Å². The number of unbranched alkanes of at least 4 members (excludes halogenated alkanes) is 2. The SMILES string of the molecule is CCCCCNC(=NC)NCC1CN2CCN1CC2.I. The Balaban J connectivity index is 0.00000200. The third-order valence-electron chi connectivity index (χ3n) is 4.19. The van der Waals surface area contributed by atoms with Crippen LogP contribution in [0, 0.1) is 0 Å². The predicted molar refractivity (Wildman–Crippen MR) is 96.1 cm³/mol. The number of halogens is 1. The van der Waals surface area contributed by atoms with E-state index in [9.17, 15) is 0 Å². The number of hydrogen-bond donors (Lipinski definition) is 2. The van der Waals surface area contributed by atoms with Crippen molar-refractivity contribution in [2.45, 2.75) is 32.2 Å². The van der Waals surface area contributed by atoms with Gasteiger partial charge in [0.2, 0.25) is 0 Å². The summed E-state index contributed by atoms with van der Waals surface area (Å²) in [4.78, 5) is 9.48. The molecule has 6 heteroatoms. The van der Waals surface area contributed by atoms with Crippen molar-refractivity contribution >= 4 is 29.9 Å². The van der Waals surface area contributed by atoms with Gasteiger partial charge in [-0.3, -0.25) is 14.8 Å². The van der Waals surface area contributed by atoms with Crippen LogP contribution < -0.4 is 10.6 Å². The predicted octanol–water partition coefficient (Wildman–Crippen LogP) is 0.959. The molecule has 2 N–H and O–H groups in total. The highest BCUT2D eigenvalue weighted by Crippen LogP contribution is 2.14. The summed E-state index contributed by atoms with van der Waals surface area (Å²) in [5.41, 5.74) is 0. The van der Waals surface area contributed by atoms with E-state index in [0.717, 1.165) is 19.0 Å². The average molecular weight is 395 g/mol. The molecule has 0 saturated carbocycles. The zero-order valence-corrected chi connectivity index (χ0v) is 15.2. The van der Waals surface area contributed by atoms with E-state index < -0.39 is 0 Å². The minimum Gasteiger partial charge on any atom is -0.356 e. The summed E-state index contributed by atoms with van der Waals surface area (Å²) >= 11 is 0. The summed E-state index contributed by atoms with van der Waals surface area (Å²) in [6.07, 6.45) is 3.77. The van der Waals surface area contributed by atoms with Crippen LogP contribution in [0.3, 0.4) is 0 Å². The molecule has 0 spiro atoms. The lowest BCUT2D eigenvalue weighted by atomic mass is 10.1. The number of piperazine rings is 3. The van der Waals surface area contributed by atoms with Gasteiger partial charge in [0.15, 0.2) is 5.96 Å². The number of hydrogen-bond acceptors (Lipinski definition) is 3. The molecule has 3 aliphatic rings. The fraction of sp³-hybridized carbons (Fsp3) is 0.929. The Morgan fingerprint density at radius 3 is 2.45 bits per heavy atom. The van der Waals surface area contributed by atoms with Gasteiger partial charge in [-0.2, -0.15) is 0 Å². The number of guanidine groups is 1. The molecule has 118 valence electrons. The first-order valence-electron chi connectivity index (χ1n) is 7.74. The van der Waals surface area contributed by atoms with Crippen LogP contribution in [0.15, 0.2) is 4.99 Å². The maximum atomic E-state index is 4.29. The first kappa shape index (κ1) is 18.0. The number of nitrogens with one attached hydrogen (secondary N) is 2. The first-order chi connectivity index (χ1) is 9.33. The summed E-state index contributed by atoms with van der Waals surface area (Å²) in [7, 11) is 1.85. The second-order valence-electron chi connectivity index (χ2n) is 5.58. The molecule has 3 aliphatic heterocycles. The van der Waals surface area contributed by atoms with E-state index >= 15 is 0 Å². The zero-order valence-electron chi connectivity index (χ0n) is 12.9. The average Bonchev–Trinajstić information content (AvgIpc) is 2.48. The lowest BCUT2D eigenvalue weighted by Crippen LogP contribution is -2.63. The van der Waals surface area contributed by atoms with E-state index in [1.54, 1.807) is 0 Å². The number of rotatable bonds is 6. The van der Waals surface area contributed by atoms with Crippen molar-refractivity contribution in [2.75, 3.05) is 52.9 Å². The van der Waals surface area contributed by atoms with E-state index in [4.69, 9.17) is 0 Å². The first-order valence-corrected chi connectivity index (χ1v) is 7.74. The monoisotopic (exact) mass is 395 g/mol. The second kappa shape index (κ2) is 9.78. The third-order valence-corrected chi connectivity index (χ3v) is 4.19. The Bertz CT molecular complexity index is 289. The lowest BCUT2D eigenvalue weighted by Gasteiger charge is -2.47. The van der Waals surface area contributed by atoms with Gasteiger partial charge in [0.1, 0.15) is 0 Å². The largest absolute Gasteiger partial charge is 0.356 e. The molecular weight excluding hydrogens is 365 g/mol. The summed E-state index contributed by atoms with van der Waals surface area (Å²) < 4.78 is 0. The van der Waals surface area contributed by atoms with Gasteiger partial charge in [0.25, 0.3) is 0 Å². The molecule has 0 aromatic rings. The fourth-order valence-corrected chi connectivity index (χ4v) is 2.94. The standard InChI is InChI=1S/C14H29N5.HI/c1-3-4-5-6-16-14(15-2)17-11-13-12-18-7-9-19(13)10-8-18;/h13H,3-12H2,1-2H3,(H2,15,16,17);1H. The minimum atomic E-state index is 0. The molecule has 2 bridgehead atoms. The van der Waals surface area contributed by atoms with E-state index in [-0.39, 0.29) is 24.0 Å². The van der Waals surface area contributed by atoms with Crippen LogP contribution in [0.2, 0.25) is 0 Å². The van der Waals surface area contributed by atoms with Crippen LogP contribution in [-0.4, -0.2) is 74.7 Å². The molecule has 3 saturated heterocycles. The Kier molecular flexibility index (Phi) is 8.79. The Morgan fingerprint density at radius 2 is 1.90 bits per heavy atom. The Hall–Kier alpha value is -0.0800. The molecule has 3 heterocycles. The molecule has 1 unspecified atom stereocenters. The maximum Gasteiger partial charge on any atom is 0.191 e. The second-order valence-corrected chi connectivity index (χ2v) is 5.58. The topological polar surface area (TPSA) is 42.9 Å². The molecule has 0 aromatic carbocycles. The Labute approximate surface area is 140 Å². The van der Waals surface area contributed by atoms with Crippen molar-refractivity contribution in [3.05, 3.63) is 0 Å². The third kappa shape index (κ3) is 5.37. The van der Waals surface area contributed by atoms with Crippen molar-refractivity contribution in [1.82, 2.24) is 20.4 Å². The highest BCUT2D eigenvalue weighted by molar-refractivity contribution is 14.0. The van der Waals surface area contributed by atoms with Crippen LogP contribution in [0.25, 0.3) is 0 Å².